The van der Waals surface area contributed by atoms with Gasteiger partial charge in [0.15, 0.2) is 0 Å². The number of methoxy groups -OCH3 is 1. The second-order valence-corrected chi connectivity index (χ2v) is 4.54. The molecule has 0 radical (unpaired) electrons. The predicted octanol–water partition coefficient (Wildman–Crippen LogP) is 1.24. The second kappa shape index (κ2) is 7.48. The smallest absolute Gasteiger partial charge is 0.0639 e. The number of aryl methyl sites for hydroxylation is 1. The summed E-state index contributed by atoms with van der Waals surface area (Å²) in [6.07, 6.45) is 2.75. The van der Waals surface area contributed by atoms with Crippen LogP contribution in [0.2, 0.25) is 0 Å². The van der Waals surface area contributed by atoms with Crippen LogP contribution in [0.25, 0.3) is 0 Å². The first-order valence-corrected chi connectivity index (χ1v) is 6.13. The largest absolute Gasteiger partial charge is 0.392 e. The van der Waals surface area contributed by atoms with Crippen molar-refractivity contribution in [1.29, 1.82) is 0 Å². The average molecular weight is 240 g/mol. The molecule has 4 heteroatoms. The highest BCUT2D eigenvalue weighted by Gasteiger charge is 2.10. The average Bonchev–Trinajstić information content (AvgIpc) is 2.64. The Morgan fingerprint density at radius 1 is 1.53 bits per heavy atom. The van der Waals surface area contributed by atoms with Crippen molar-refractivity contribution in [1.82, 2.24) is 9.47 Å². The molecule has 1 N–H and O–H groups in total. The molecule has 1 heterocycles. The van der Waals surface area contributed by atoms with Crippen molar-refractivity contribution in [2.24, 2.45) is 7.05 Å². The van der Waals surface area contributed by atoms with Gasteiger partial charge in [-0.3, -0.25) is 4.90 Å². The number of nitrogens with zero attached hydrogens (tertiary/aromatic N) is 2. The van der Waals surface area contributed by atoms with Crippen LogP contribution >= 0.6 is 0 Å². The number of rotatable bonds is 8. The third kappa shape index (κ3) is 5.35. The fourth-order valence-corrected chi connectivity index (χ4v) is 1.93. The Morgan fingerprint density at radius 2 is 2.29 bits per heavy atom. The fraction of sp³-hybridized carbons (Fsp3) is 0.692. The van der Waals surface area contributed by atoms with Crippen molar-refractivity contribution in [3.8, 4) is 0 Å². The number of hydrogen-bond acceptors (Lipinski definition) is 3. The molecule has 0 aromatic carbocycles. The molecule has 4 nitrogen and oxygen atoms in total. The number of ether oxygens (including phenoxy) is 1. The van der Waals surface area contributed by atoms with Crippen LogP contribution in [-0.4, -0.2) is 47.5 Å². The van der Waals surface area contributed by atoms with Gasteiger partial charge in [0.05, 0.1) is 6.10 Å². The van der Waals surface area contributed by atoms with Crippen LogP contribution in [0.3, 0.4) is 0 Å². The van der Waals surface area contributed by atoms with E-state index in [0.717, 1.165) is 26.1 Å². The Hall–Kier alpha value is -0.840. The lowest BCUT2D eigenvalue weighted by atomic mass is 10.3. The summed E-state index contributed by atoms with van der Waals surface area (Å²) in [5, 5.41) is 9.50. The monoisotopic (exact) mass is 240 g/mol. The van der Waals surface area contributed by atoms with Crippen LogP contribution in [0, 0.1) is 0 Å². The molecule has 0 fully saturated rings. The van der Waals surface area contributed by atoms with Gasteiger partial charge in [0, 0.05) is 52.3 Å². The summed E-state index contributed by atoms with van der Waals surface area (Å²) < 4.78 is 7.18. The van der Waals surface area contributed by atoms with Crippen LogP contribution in [-0.2, 0) is 18.3 Å². The summed E-state index contributed by atoms with van der Waals surface area (Å²) in [4.78, 5) is 2.26. The number of aliphatic hydroxyl groups excluding tert-OH is 1. The normalized spacial score (nSPS) is 13.2. The Kier molecular flexibility index (Phi) is 6.26. The van der Waals surface area contributed by atoms with Gasteiger partial charge in [-0.15, -0.1) is 0 Å². The van der Waals surface area contributed by atoms with Gasteiger partial charge in [-0.1, -0.05) is 0 Å². The topological polar surface area (TPSA) is 37.6 Å². The maximum Gasteiger partial charge on any atom is 0.0639 e. The van der Waals surface area contributed by atoms with Crippen molar-refractivity contribution >= 4 is 0 Å². The standard InChI is InChI=1S/C13H24N2O2/c1-12(16)10-15(8-5-9-17-3)11-13-6-4-7-14(13)2/h4,6-7,12,16H,5,8-11H2,1-3H3. The van der Waals surface area contributed by atoms with E-state index in [1.54, 1.807) is 7.11 Å². The fourth-order valence-electron chi connectivity index (χ4n) is 1.93. The molecule has 1 atom stereocenters. The van der Waals surface area contributed by atoms with E-state index in [2.05, 4.69) is 15.5 Å². The van der Waals surface area contributed by atoms with Crippen LogP contribution in [0.1, 0.15) is 19.0 Å². The lowest BCUT2D eigenvalue weighted by Crippen LogP contribution is -2.32. The minimum atomic E-state index is -0.294. The predicted molar refractivity (Wildman–Crippen MR) is 68.9 cm³/mol. The van der Waals surface area contributed by atoms with Crippen molar-refractivity contribution in [2.45, 2.75) is 26.0 Å². The molecule has 1 aromatic rings. The summed E-state index contributed by atoms with van der Waals surface area (Å²) in [5.74, 6) is 0. The lowest BCUT2D eigenvalue weighted by Gasteiger charge is -2.23. The van der Waals surface area contributed by atoms with Crippen molar-refractivity contribution in [3.63, 3.8) is 0 Å². The molecule has 98 valence electrons. The SMILES string of the molecule is COCCCN(Cc1cccn1C)CC(C)O. The van der Waals surface area contributed by atoms with E-state index >= 15 is 0 Å². The highest BCUT2D eigenvalue weighted by molar-refractivity contribution is 5.06. The third-order valence-electron chi connectivity index (χ3n) is 2.78. The Balaban J connectivity index is 2.48. The summed E-state index contributed by atoms with van der Waals surface area (Å²) in [5.41, 5.74) is 1.27. The van der Waals surface area contributed by atoms with Gasteiger partial charge in [0.2, 0.25) is 0 Å². The quantitative estimate of drug-likeness (QED) is 0.695. The van der Waals surface area contributed by atoms with E-state index in [-0.39, 0.29) is 6.10 Å². The highest BCUT2D eigenvalue weighted by atomic mass is 16.5. The minimum absolute atomic E-state index is 0.294. The molecule has 0 bridgehead atoms. The zero-order valence-electron chi connectivity index (χ0n) is 11.1. The van der Waals surface area contributed by atoms with Crippen LogP contribution in [0.5, 0.6) is 0 Å². The minimum Gasteiger partial charge on any atom is -0.392 e. The Morgan fingerprint density at radius 3 is 2.82 bits per heavy atom. The van der Waals surface area contributed by atoms with E-state index in [1.807, 2.05) is 26.2 Å². The van der Waals surface area contributed by atoms with Crippen LogP contribution < -0.4 is 0 Å². The first kappa shape index (κ1) is 14.2. The maximum absolute atomic E-state index is 9.50. The summed E-state index contributed by atoms with van der Waals surface area (Å²) in [6.45, 7) is 5.12. The highest BCUT2D eigenvalue weighted by Crippen LogP contribution is 2.06. The van der Waals surface area contributed by atoms with E-state index in [0.29, 0.717) is 6.54 Å². The van der Waals surface area contributed by atoms with Gasteiger partial charge in [-0.2, -0.15) is 0 Å². The van der Waals surface area contributed by atoms with Crippen LogP contribution in [0.15, 0.2) is 18.3 Å². The zero-order chi connectivity index (χ0) is 12.7. The summed E-state index contributed by atoms with van der Waals surface area (Å²) >= 11 is 0. The van der Waals surface area contributed by atoms with Gasteiger partial charge in [-0.25, -0.2) is 0 Å². The molecule has 0 aliphatic carbocycles. The van der Waals surface area contributed by atoms with Crippen molar-refractivity contribution in [3.05, 3.63) is 24.0 Å². The molecule has 1 rings (SSSR count). The molecule has 1 unspecified atom stereocenters. The van der Waals surface area contributed by atoms with Gasteiger partial charge in [-0.05, 0) is 25.5 Å². The van der Waals surface area contributed by atoms with Crippen LogP contribution in [0.4, 0.5) is 0 Å². The molecule has 0 saturated carbocycles. The molecule has 1 aromatic heterocycles. The number of hydrogen-bond donors (Lipinski definition) is 1. The second-order valence-electron chi connectivity index (χ2n) is 4.54. The Bertz CT molecular complexity index is 310. The zero-order valence-corrected chi connectivity index (χ0v) is 11.1. The lowest BCUT2D eigenvalue weighted by molar-refractivity contribution is 0.109. The third-order valence-corrected chi connectivity index (χ3v) is 2.78. The summed E-state index contributed by atoms with van der Waals surface area (Å²) in [7, 11) is 3.77. The van der Waals surface area contributed by atoms with E-state index < -0.39 is 0 Å². The van der Waals surface area contributed by atoms with Gasteiger partial charge in [0.25, 0.3) is 0 Å². The number of aromatic nitrogens is 1. The van der Waals surface area contributed by atoms with E-state index in [4.69, 9.17) is 4.74 Å². The maximum atomic E-state index is 9.50. The molecule has 0 aliphatic rings. The van der Waals surface area contributed by atoms with E-state index in [1.165, 1.54) is 5.69 Å². The molecule has 0 spiro atoms. The molecule has 0 saturated heterocycles. The number of aliphatic hydroxyl groups is 1. The first-order valence-electron chi connectivity index (χ1n) is 6.13. The molecular weight excluding hydrogens is 216 g/mol. The molecule has 0 aliphatic heterocycles. The van der Waals surface area contributed by atoms with Gasteiger partial charge < -0.3 is 14.4 Å². The van der Waals surface area contributed by atoms with Gasteiger partial charge >= 0.3 is 0 Å². The first-order chi connectivity index (χ1) is 8.13. The molecular formula is C13H24N2O2. The molecule has 17 heavy (non-hydrogen) atoms. The van der Waals surface area contributed by atoms with E-state index in [9.17, 15) is 5.11 Å². The van der Waals surface area contributed by atoms with Gasteiger partial charge in [0.1, 0.15) is 0 Å². The Labute approximate surface area is 104 Å². The summed E-state index contributed by atoms with van der Waals surface area (Å²) in [6, 6.07) is 4.16. The molecule has 0 amide bonds. The van der Waals surface area contributed by atoms with Crippen molar-refractivity contribution in [2.75, 3.05) is 26.8 Å². The van der Waals surface area contributed by atoms with Crippen molar-refractivity contribution < 1.29 is 9.84 Å².